The Bertz CT molecular complexity index is 211. The summed E-state index contributed by atoms with van der Waals surface area (Å²) in [6, 6.07) is 1.44. The number of allylic oxidation sites excluding steroid dienone is 1. The van der Waals surface area contributed by atoms with Gasteiger partial charge in [0.15, 0.2) is 0 Å². The zero-order valence-electron chi connectivity index (χ0n) is 10.2. The molecule has 0 aromatic carbocycles. The molecule has 0 spiro atoms. The zero-order chi connectivity index (χ0) is 10.7. The van der Waals surface area contributed by atoms with Crippen molar-refractivity contribution in [3.8, 4) is 0 Å². The minimum Gasteiger partial charge on any atom is -0.308 e. The van der Waals surface area contributed by atoms with Crippen LogP contribution < -0.4 is 5.32 Å². The van der Waals surface area contributed by atoms with E-state index in [9.17, 15) is 0 Å². The van der Waals surface area contributed by atoms with Crippen molar-refractivity contribution in [3.05, 3.63) is 12.2 Å². The van der Waals surface area contributed by atoms with Crippen LogP contribution in [0, 0.1) is 11.8 Å². The van der Waals surface area contributed by atoms with Crippen molar-refractivity contribution in [2.24, 2.45) is 11.8 Å². The summed E-state index contributed by atoms with van der Waals surface area (Å²) < 4.78 is 0. The minimum absolute atomic E-state index is 0.668. The largest absolute Gasteiger partial charge is 0.308 e. The van der Waals surface area contributed by atoms with Gasteiger partial charge in [-0.2, -0.15) is 0 Å². The number of rotatable bonds is 2. The molecule has 1 fully saturated rings. The van der Waals surface area contributed by atoms with Crippen LogP contribution in [-0.4, -0.2) is 12.1 Å². The molecule has 0 aliphatic heterocycles. The predicted molar refractivity (Wildman–Crippen MR) is 65.9 cm³/mol. The van der Waals surface area contributed by atoms with E-state index in [-0.39, 0.29) is 0 Å². The van der Waals surface area contributed by atoms with Gasteiger partial charge in [-0.25, -0.2) is 0 Å². The van der Waals surface area contributed by atoms with Gasteiger partial charge in [0.2, 0.25) is 0 Å². The summed E-state index contributed by atoms with van der Waals surface area (Å²) >= 11 is 0. The standard InChI is InChI=1S/C14H25N/c1-11-8-12(2)10-14(9-11)15-13-6-4-3-5-7-13/h4,6,11-15H,3,5,7-10H2,1-2H3. The molecule has 86 valence electrons. The summed E-state index contributed by atoms with van der Waals surface area (Å²) in [5.74, 6) is 1.83. The molecule has 0 saturated heterocycles. The van der Waals surface area contributed by atoms with Crippen molar-refractivity contribution in [2.75, 3.05) is 0 Å². The second kappa shape index (κ2) is 5.16. The molecule has 1 N–H and O–H groups in total. The smallest absolute Gasteiger partial charge is 0.0252 e. The van der Waals surface area contributed by atoms with E-state index in [4.69, 9.17) is 0 Å². The van der Waals surface area contributed by atoms with Gasteiger partial charge in [0.25, 0.3) is 0 Å². The van der Waals surface area contributed by atoms with Gasteiger partial charge < -0.3 is 5.32 Å². The number of nitrogens with one attached hydrogen (secondary N) is 1. The van der Waals surface area contributed by atoms with Crippen molar-refractivity contribution >= 4 is 0 Å². The lowest BCUT2D eigenvalue weighted by Crippen LogP contribution is -2.42. The summed E-state index contributed by atoms with van der Waals surface area (Å²) in [6.45, 7) is 4.81. The first-order valence-corrected chi connectivity index (χ1v) is 6.66. The average Bonchev–Trinajstić information content (AvgIpc) is 2.17. The van der Waals surface area contributed by atoms with E-state index < -0.39 is 0 Å². The van der Waals surface area contributed by atoms with Crippen LogP contribution in [0.3, 0.4) is 0 Å². The van der Waals surface area contributed by atoms with Crippen LogP contribution in [0.1, 0.15) is 52.4 Å². The molecule has 2 aliphatic carbocycles. The highest BCUT2D eigenvalue weighted by Crippen LogP contribution is 2.29. The average molecular weight is 207 g/mol. The van der Waals surface area contributed by atoms with Gasteiger partial charge in [-0.3, -0.25) is 0 Å². The van der Waals surface area contributed by atoms with Gasteiger partial charge in [-0.05, 0) is 50.4 Å². The fourth-order valence-corrected chi connectivity index (χ4v) is 3.34. The molecule has 1 heteroatoms. The molecule has 2 rings (SSSR count). The fourth-order valence-electron chi connectivity index (χ4n) is 3.34. The maximum Gasteiger partial charge on any atom is 0.0252 e. The normalized spacial score (nSPS) is 41.7. The Morgan fingerprint density at radius 1 is 1.07 bits per heavy atom. The first-order chi connectivity index (χ1) is 7.24. The third kappa shape index (κ3) is 3.34. The molecule has 3 atom stereocenters. The third-order valence-corrected chi connectivity index (χ3v) is 3.88. The molecule has 0 radical (unpaired) electrons. The fraction of sp³-hybridized carbons (Fsp3) is 0.857. The molecule has 1 saturated carbocycles. The Kier molecular flexibility index (Phi) is 3.85. The zero-order valence-corrected chi connectivity index (χ0v) is 10.2. The van der Waals surface area contributed by atoms with E-state index >= 15 is 0 Å². The van der Waals surface area contributed by atoms with Crippen LogP contribution in [0.4, 0.5) is 0 Å². The molecular weight excluding hydrogens is 182 g/mol. The lowest BCUT2D eigenvalue weighted by Gasteiger charge is -2.34. The quantitative estimate of drug-likeness (QED) is 0.683. The van der Waals surface area contributed by atoms with Gasteiger partial charge in [-0.15, -0.1) is 0 Å². The van der Waals surface area contributed by atoms with Crippen LogP contribution in [0.2, 0.25) is 0 Å². The second-order valence-corrected chi connectivity index (χ2v) is 5.75. The van der Waals surface area contributed by atoms with E-state index in [1.807, 2.05) is 0 Å². The summed E-state index contributed by atoms with van der Waals surface area (Å²) in [7, 11) is 0. The predicted octanol–water partition coefficient (Wildman–Crippen LogP) is 3.51. The highest BCUT2D eigenvalue weighted by Gasteiger charge is 2.25. The second-order valence-electron chi connectivity index (χ2n) is 5.75. The van der Waals surface area contributed by atoms with Crippen molar-refractivity contribution < 1.29 is 0 Å². The number of hydrogen-bond donors (Lipinski definition) is 1. The van der Waals surface area contributed by atoms with Crippen molar-refractivity contribution in [1.29, 1.82) is 0 Å². The summed E-state index contributed by atoms with van der Waals surface area (Å²) in [6.07, 6.45) is 12.9. The van der Waals surface area contributed by atoms with Crippen molar-refractivity contribution in [3.63, 3.8) is 0 Å². The molecule has 0 aromatic rings. The Balaban J connectivity index is 1.82. The minimum atomic E-state index is 0.668. The molecule has 1 nitrogen and oxygen atoms in total. The van der Waals surface area contributed by atoms with Gasteiger partial charge in [0, 0.05) is 12.1 Å². The highest BCUT2D eigenvalue weighted by molar-refractivity contribution is 4.99. The molecule has 2 aliphatic rings. The SMILES string of the molecule is CC1CC(C)CC(NC2C=CCCC2)C1. The van der Waals surface area contributed by atoms with E-state index in [2.05, 4.69) is 31.3 Å². The summed E-state index contributed by atoms with van der Waals surface area (Å²) in [5, 5.41) is 3.83. The van der Waals surface area contributed by atoms with Crippen molar-refractivity contribution in [1.82, 2.24) is 5.32 Å². The molecular formula is C14H25N. The molecule has 0 aromatic heterocycles. The summed E-state index contributed by atoms with van der Waals surface area (Å²) in [5.41, 5.74) is 0. The molecule has 0 bridgehead atoms. The van der Waals surface area contributed by atoms with Gasteiger partial charge in [-0.1, -0.05) is 26.0 Å². The van der Waals surface area contributed by atoms with Gasteiger partial charge >= 0.3 is 0 Å². The van der Waals surface area contributed by atoms with Crippen LogP contribution in [0.5, 0.6) is 0 Å². The first kappa shape index (κ1) is 11.2. The van der Waals surface area contributed by atoms with E-state index in [1.54, 1.807) is 0 Å². The van der Waals surface area contributed by atoms with Crippen LogP contribution in [-0.2, 0) is 0 Å². The maximum atomic E-state index is 3.83. The lowest BCUT2D eigenvalue weighted by molar-refractivity contribution is 0.229. The van der Waals surface area contributed by atoms with Crippen LogP contribution in [0.15, 0.2) is 12.2 Å². The highest BCUT2D eigenvalue weighted by atomic mass is 14.9. The molecule has 0 heterocycles. The van der Waals surface area contributed by atoms with E-state index in [0.717, 1.165) is 17.9 Å². The van der Waals surface area contributed by atoms with Gasteiger partial charge in [0.1, 0.15) is 0 Å². The van der Waals surface area contributed by atoms with Crippen molar-refractivity contribution in [2.45, 2.75) is 64.5 Å². The topological polar surface area (TPSA) is 12.0 Å². The van der Waals surface area contributed by atoms with Crippen LogP contribution in [0.25, 0.3) is 0 Å². The van der Waals surface area contributed by atoms with E-state index in [1.165, 1.54) is 38.5 Å². The van der Waals surface area contributed by atoms with E-state index in [0.29, 0.717) is 6.04 Å². The first-order valence-electron chi connectivity index (χ1n) is 6.66. The van der Waals surface area contributed by atoms with Crippen LogP contribution >= 0.6 is 0 Å². The monoisotopic (exact) mass is 207 g/mol. The Morgan fingerprint density at radius 3 is 2.40 bits per heavy atom. The maximum absolute atomic E-state index is 3.83. The van der Waals surface area contributed by atoms with Gasteiger partial charge in [0.05, 0.1) is 0 Å². The Morgan fingerprint density at radius 2 is 1.80 bits per heavy atom. The molecule has 3 unspecified atom stereocenters. The Labute approximate surface area is 94.3 Å². The lowest BCUT2D eigenvalue weighted by atomic mass is 9.80. The summed E-state index contributed by atoms with van der Waals surface area (Å²) in [4.78, 5) is 0. The molecule has 0 amide bonds. The Hall–Kier alpha value is -0.300. The third-order valence-electron chi connectivity index (χ3n) is 3.88. The molecule has 15 heavy (non-hydrogen) atoms. The number of hydrogen-bond acceptors (Lipinski definition) is 1.